The molecule has 0 bridgehead atoms. The van der Waals surface area contributed by atoms with Gasteiger partial charge in [0.1, 0.15) is 17.1 Å². The van der Waals surface area contributed by atoms with E-state index in [1.165, 1.54) is 0 Å². The highest BCUT2D eigenvalue weighted by atomic mass is 16.6. The molecule has 1 aromatic heterocycles. The van der Waals surface area contributed by atoms with Crippen molar-refractivity contribution < 1.29 is 23.8 Å². The molecular weight excluding hydrogens is 496 g/mol. The van der Waals surface area contributed by atoms with Gasteiger partial charge in [-0.05, 0) is 76.8 Å². The van der Waals surface area contributed by atoms with Gasteiger partial charge in [0.25, 0.3) is 0 Å². The lowest BCUT2D eigenvalue weighted by Gasteiger charge is -2.28. The van der Waals surface area contributed by atoms with Gasteiger partial charge in [-0.1, -0.05) is 30.3 Å². The maximum Gasteiger partial charge on any atom is 0.410 e. The van der Waals surface area contributed by atoms with E-state index in [1.807, 2.05) is 63.2 Å². The third-order valence-corrected chi connectivity index (χ3v) is 6.22. The number of carbonyl (C=O) groups is 2. The lowest BCUT2D eigenvalue weighted by atomic mass is 10.1. The number of para-hydroxylation sites is 1. The van der Waals surface area contributed by atoms with Crippen molar-refractivity contribution in [3.63, 3.8) is 0 Å². The van der Waals surface area contributed by atoms with E-state index in [-0.39, 0.29) is 24.0 Å². The number of aromatic nitrogens is 2. The van der Waals surface area contributed by atoms with Gasteiger partial charge in [0.05, 0.1) is 24.9 Å². The number of amides is 1. The third kappa shape index (κ3) is 6.77. The van der Waals surface area contributed by atoms with Gasteiger partial charge in [-0.2, -0.15) is 5.10 Å². The van der Waals surface area contributed by atoms with Crippen LogP contribution in [0.2, 0.25) is 0 Å². The molecule has 0 saturated carbocycles. The van der Waals surface area contributed by atoms with Crippen molar-refractivity contribution in [2.75, 3.05) is 19.7 Å². The lowest BCUT2D eigenvalue weighted by molar-refractivity contribution is 0.0234. The molecule has 2 heterocycles. The Morgan fingerprint density at radius 1 is 1.05 bits per heavy atom. The maximum absolute atomic E-state index is 13.1. The second kappa shape index (κ2) is 12.0. The molecule has 1 aliphatic rings. The minimum atomic E-state index is -0.624. The van der Waals surface area contributed by atoms with Crippen LogP contribution >= 0.6 is 0 Å². The van der Waals surface area contributed by atoms with Crippen molar-refractivity contribution in [3.05, 3.63) is 71.7 Å². The molecule has 1 amide bonds. The van der Waals surface area contributed by atoms with Gasteiger partial charge in [0.15, 0.2) is 5.69 Å². The molecule has 0 aliphatic carbocycles. The number of carbonyl (C=O) groups excluding carboxylic acids is 2. The fourth-order valence-corrected chi connectivity index (χ4v) is 4.50. The zero-order chi connectivity index (χ0) is 28.0. The number of benzene rings is 2. The van der Waals surface area contributed by atoms with Crippen LogP contribution in [0.3, 0.4) is 0 Å². The molecule has 1 unspecified atom stereocenters. The minimum absolute atomic E-state index is 0.0995. The largest absolute Gasteiger partial charge is 0.462 e. The predicted molar refractivity (Wildman–Crippen MR) is 147 cm³/mol. The number of rotatable bonds is 6. The molecule has 4 rings (SSSR count). The zero-order valence-electron chi connectivity index (χ0n) is 22.8. The number of esters is 1. The highest BCUT2D eigenvalue weighted by Crippen LogP contribution is 2.37. The van der Waals surface area contributed by atoms with E-state index in [0.717, 1.165) is 12.8 Å². The van der Waals surface area contributed by atoms with Crippen molar-refractivity contribution >= 4 is 17.7 Å². The Morgan fingerprint density at radius 3 is 2.38 bits per heavy atom. The molecule has 1 saturated heterocycles. The van der Waals surface area contributed by atoms with Crippen LogP contribution in [0, 0.1) is 6.57 Å². The monoisotopic (exact) mass is 530 g/mol. The summed E-state index contributed by atoms with van der Waals surface area (Å²) in [6.07, 6.45) is 1.92. The number of ether oxygens (including phenoxy) is 3. The van der Waals surface area contributed by atoms with E-state index in [1.54, 1.807) is 28.6 Å². The highest BCUT2D eigenvalue weighted by molar-refractivity contribution is 5.98. The lowest BCUT2D eigenvalue weighted by Crippen LogP contribution is -2.40. The van der Waals surface area contributed by atoms with Crippen LogP contribution in [0.1, 0.15) is 63.5 Å². The van der Waals surface area contributed by atoms with E-state index in [9.17, 15) is 9.59 Å². The molecule has 3 aromatic rings. The Bertz CT molecular complexity index is 1340. The fraction of sp³-hybridized carbons (Fsp3) is 0.400. The van der Waals surface area contributed by atoms with E-state index in [4.69, 9.17) is 25.9 Å². The minimum Gasteiger partial charge on any atom is -0.462 e. The normalized spacial score (nSPS) is 15.7. The number of likely N-dealkylation sites (tertiary alicyclic amines) is 1. The summed E-state index contributed by atoms with van der Waals surface area (Å²) in [7, 11) is 0. The van der Waals surface area contributed by atoms with Crippen LogP contribution in [0.25, 0.3) is 16.1 Å². The Balaban J connectivity index is 1.69. The summed E-state index contributed by atoms with van der Waals surface area (Å²) in [6, 6.07) is 16.3. The number of hydrogen-bond acceptors (Lipinski definition) is 6. The highest BCUT2D eigenvalue weighted by Gasteiger charge is 2.33. The molecule has 1 atom stereocenters. The van der Waals surface area contributed by atoms with Crippen LogP contribution in [0.4, 0.5) is 10.5 Å². The van der Waals surface area contributed by atoms with Crippen LogP contribution < -0.4 is 4.74 Å². The Labute approximate surface area is 229 Å². The Hall–Kier alpha value is -4.32. The Kier molecular flexibility index (Phi) is 8.55. The summed E-state index contributed by atoms with van der Waals surface area (Å²) >= 11 is 0. The van der Waals surface area contributed by atoms with Crippen molar-refractivity contribution in [1.29, 1.82) is 0 Å². The van der Waals surface area contributed by atoms with Gasteiger partial charge in [0.2, 0.25) is 5.69 Å². The van der Waals surface area contributed by atoms with Crippen LogP contribution in [0.5, 0.6) is 11.5 Å². The summed E-state index contributed by atoms with van der Waals surface area (Å²) in [4.78, 5) is 31.4. The van der Waals surface area contributed by atoms with E-state index in [0.29, 0.717) is 42.3 Å². The molecule has 9 nitrogen and oxygen atoms in total. The van der Waals surface area contributed by atoms with Gasteiger partial charge in [-0.15, -0.1) is 0 Å². The molecule has 0 spiro atoms. The van der Waals surface area contributed by atoms with Crippen LogP contribution in [-0.2, 0) is 9.47 Å². The topological polar surface area (TPSA) is 87.3 Å². The van der Waals surface area contributed by atoms with Crippen LogP contribution in [-0.4, -0.2) is 52.0 Å². The average molecular weight is 531 g/mol. The molecule has 2 aromatic carbocycles. The second-order valence-electron chi connectivity index (χ2n) is 10.3. The smallest absolute Gasteiger partial charge is 0.410 e. The van der Waals surface area contributed by atoms with Crippen LogP contribution in [0.15, 0.2) is 54.6 Å². The molecular formula is C30H34N4O5. The SMILES string of the molecule is [C-]#[N+]c1c(-c2ccc(Oc3ccccc3)cc2)nn(C2CCCCN(C(=O)OC(C)(C)C)C2)c1C(=O)OCC. The summed E-state index contributed by atoms with van der Waals surface area (Å²) < 4.78 is 18.4. The molecule has 1 fully saturated rings. The van der Waals surface area contributed by atoms with Gasteiger partial charge in [-0.25, -0.2) is 14.4 Å². The predicted octanol–water partition coefficient (Wildman–Crippen LogP) is 7.03. The van der Waals surface area contributed by atoms with E-state index in [2.05, 4.69) is 4.85 Å². The molecule has 204 valence electrons. The number of nitrogens with zero attached hydrogens (tertiary/aromatic N) is 4. The summed E-state index contributed by atoms with van der Waals surface area (Å²) in [5.41, 5.74) is 0.651. The molecule has 1 aliphatic heterocycles. The third-order valence-electron chi connectivity index (χ3n) is 6.22. The van der Waals surface area contributed by atoms with Gasteiger partial charge in [0, 0.05) is 13.1 Å². The van der Waals surface area contributed by atoms with Gasteiger partial charge < -0.3 is 19.1 Å². The fourth-order valence-electron chi connectivity index (χ4n) is 4.50. The molecule has 39 heavy (non-hydrogen) atoms. The first kappa shape index (κ1) is 27.7. The van der Waals surface area contributed by atoms with E-state index >= 15 is 0 Å². The first-order chi connectivity index (χ1) is 18.7. The quantitative estimate of drug-likeness (QED) is 0.251. The number of hydrogen-bond donors (Lipinski definition) is 0. The average Bonchev–Trinajstić information content (AvgIpc) is 3.11. The Morgan fingerprint density at radius 2 is 1.74 bits per heavy atom. The molecule has 0 radical (unpaired) electrons. The molecule has 0 N–H and O–H groups in total. The van der Waals surface area contributed by atoms with Gasteiger partial charge in [-0.3, -0.25) is 4.68 Å². The second-order valence-corrected chi connectivity index (χ2v) is 10.3. The van der Waals surface area contributed by atoms with Crippen molar-refractivity contribution in [3.8, 4) is 22.8 Å². The summed E-state index contributed by atoms with van der Waals surface area (Å²) in [6.45, 7) is 16.2. The van der Waals surface area contributed by atoms with Crippen molar-refractivity contribution in [1.82, 2.24) is 14.7 Å². The van der Waals surface area contributed by atoms with Gasteiger partial charge >= 0.3 is 12.1 Å². The van der Waals surface area contributed by atoms with Crippen molar-refractivity contribution in [2.45, 2.75) is 58.6 Å². The summed E-state index contributed by atoms with van der Waals surface area (Å²) in [5.74, 6) is 0.736. The first-order valence-electron chi connectivity index (χ1n) is 13.2. The van der Waals surface area contributed by atoms with E-state index < -0.39 is 17.7 Å². The zero-order valence-corrected chi connectivity index (χ0v) is 22.8. The molecule has 9 heteroatoms. The maximum atomic E-state index is 13.1. The standard InChI is InChI=1S/C30H34N4O5/c1-6-37-28(35)27-26(31-5)25(21-15-17-24(18-16-21)38-23-13-8-7-9-14-23)32-34(27)22-12-10-11-19-33(20-22)29(36)39-30(2,3)4/h7-9,13-18,22H,6,10-12,19-20H2,1-4H3. The van der Waals surface area contributed by atoms with Crippen molar-refractivity contribution in [2.24, 2.45) is 0 Å². The summed E-state index contributed by atoms with van der Waals surface area (Å²) in [5, 5.41) is 4.78. The first-order valence-corrected chi connectivity index (χ1v) is 13.2.